The van der Waals surface area contributed by atoms with Crippen molar-refractivity contribution in [3.05, 3.63) is 65.0 Å². The number of aliphatic carboxylic acids is 1. The minimum atomic E-state index is -0.909. The molecule has 0 fully saturated rings. The lowest BCUT2D eigenvalue weighted by Crippen LogP contribution is -2.09. The first-order valence-corrected chi connectivity index (χ1v) is 6.63. The molecule has 0 spiro atoms. The monoisotopic (exact) mass is 288 g/mol. The Morgan fingerprint density at radius 2 is 1.90 bits per heavy atom. The van der Waals surface area contributed by atoms with Gasteiger partial charge < -0.3 is 9.84 Å². The number of methoxy groups -OCH3 is 1. The highest BCUT2D eigenvalue weighted by Crippen LogP contribution is 2.35. The summed E-state index contributed by atoms with van der Waals surface area (Å²) in [6.45, 7) is 1.94. The van der Waals surface area contributed by atoms with Crippen molar-refractivity contribution in [2.45, 2.75) is 19.3 Å². The Bertz CT molecular complexity index is 635. The van der Waals surface area contributed by atoms with Crippen LogP contribution >= 0.6 is 0 Å². The third kappa shape index (κ3) is 3.60. The third-order valence-corrected chi connectivity index (χ3v) is 3.41. The van der Waals surface area contributed by atoms with Crippen LogP contribution in [-0.2, 0) is 4.79 Å². The van der Waals surface area contributed by atoms with E-state index in [1.54, 1.807) is 19.2 Å². The van der Waals surface area contributed by atoms with Crippen molar-refractivity contribution >= 4 is 5.97 Å². The molecule has 0 aromatic heterocycles. The van der Waals surface area contributed by atoms with Crippen LogP contribution in [0.25, 0.3) is 0 Å². The Morgan fingerprint density at radius 3 is 2.48 bits per heavy atom. The molecule has 0 heterocycles. The van der Waals surface area contributed by atoms with Crippen LogP contribution in [0.5, 0.6) is 5.75 Å². The molecular weight excluding hydrogens is 271 g/mol. The van der Waals surface area contributed by atoms with Crippen LogP contribution in [0, 0.1) is 12.7 Å². The topological polar surface area (TPSA) is 46.5 Å². The van der Waals surface area contributed by atoms with Gasteiger partial charge in [-0.2, -0.15) is 0 Å². The average molecular weight is 288 g/mol. The Kier molecular flexibility index (Phi) is 4.58. The number of carbonyl (C=O) groups is 1. The first kappa shape index (κ1) is 15.0. The fourth-order valence-electron chi connectivity index (χ4n) is 2.40. The number of carboxylic acid groups (broad SMARTS) is 1. The zero-order valence-electron chi connectivity index (χ0n) is 12.0. The van der Waals surface area contributed by atoms with E-state index in [1.807, 2.05) is 25.1 Å². The summed E-state index contributed by atoms with van der Waals surface area (Å²) in [5, 5.41) is 9.18. The van der Waals surface area contributed by atoms with Crippen LogP contribution in [0.15, 0.2) is 42.5 Å². The Balaban J connectivity index is 2.52. The second-order valence-corrected chi connectivity index (χ2v) is 4.95. The summed E-state index contributed by atoms with van der Waals surface area (Å²) in [5.41, 5.74) is 2.57. The van der Waals surface area contributed by atoms with Gasteiger partial charge >= 0.3 is 5.97 Å². The molecule has 21 heavy (non-hydrogen) atoms. The largest absolute Gasteiger partial charge is 0.496 e. The molecule has 0 bridgehead atoms. The summed E-state index contributed by atoms with van der Waals surface area (Å²) in [6.07, 6.45) is -0.0779. The van der Waals surface area contributed by atoms with Gasteiger partial charge in [-0.15, -0.1) is 0 Å². The maximum Gasteiger partial charge on any atom is 0.304 e. The second kappa shape index (κ2) is 6.39. The van der Waals surface area contributed by atoms with Crippen molar-refractivity contribution in [2.75, 3.05) is 7.11 Å². The highest BCUT2D eigenvalue weighted by atomic mass is 19.1. The van der Waals surface area contributed by atoms with Crippen molar-refractivity contribution in [1.82, 2.24) is 0 Å². The predicted octanol–water partition coefficient (Wildman–Crippen LogP) is 3.75. The van der Waals surface area contributed by atoms with Crippen molar-refractivity contribution in [1.29, 1.82) is 0 Å². The summed E-state index contributed by atoms with van der Waals surface area (Å²) in [5.74, 6) is -0.994. The van der Waals surface area contributed by atoms with E-state index in [0.717, 1.165) is 16.7 Å². The molecule has 1 unspecified atom stereocenters. The van der Waals surface area contributed by atoms with Gasteiger partial charge in [0.05, 0.1) is 13.5 Å². The SMILES string of the molecule is COc1ccc(C)cc1C(CC(=O)O)c1ccc(F)cc1. The van der Waals surface area contributed by atoms with Gasteiger partial charge in [-0.3, -0.25) is 4.79 Å². The van der Waals surface area contributed by atoms with E-state index in [0.29, 0.717) is 5.75 Å². The Labute approximate surface area is 123 Å². The normalized spacial score (nSPS) is 12.0. The summed E-state index contributed by atoms with van der Waals surface area (Å²) in [7, 11) is 1.55. The third-order valence-electron chi connectivity index (χ3n) is 3.41. The van der Waals surface area contributed by atoms with Crippen LogP contribution in [-0.4, -0.2) is 18.2 Å². The highest BCUT2D eigenvalue weighted by molar-refractivity contribution is 5.69. The van der Waals surface area contributed by atoms with Gasteiger partial charge in [-0.1, -0.05) is 29.8 Å². The predicted molar refractivity (Wildman–Crippen MR) is 78.2 cm³/mol. The van der Waals surface area contributed by atoms with Crippen LogP contribution in [0.2, 0.25) is 0 Å². The molecule has 4 heteroatoms. The molecule has 1 atom stereocenters. The average Bonchev–Trinajstić information content (AvgIpc) is 2.45. The van der Waals surface area contributed by atoms with Crippen LogP contribution in [0.1, 0.15) is 29.0 Å². The molecule has 110 valence electrons. The first-order valence-electron chi connectivity index (χ1n) is 6.63. The molecule has 0 aliphatic heterocycles. The molecule has 0 aliphatic carbocycles. The molecule has 0 aliphatic rings. The molecule has 2 aromatic carbocycles. The number of rotatable bonds is 5. The van der Waals surface area contributed by atoms with E-state index in [-0.39, 0.29) is 18.2 Å². The van der Waals surface area contributed by atoms with Gasteiger partial charge in [0.1, 0.15) is 11.6 Å². The van der Waals surface area contributed by atoms with Crippen LogP contribution < -0.4 is 4.74 Å². The van der Waals surface area contributed by atoms with E-state index < -0.39 is 5.97 Å². The fraction of sp³-hybridized carbons (Fsp3) is 0.235. The van der Waals surface area contributed by atoms with Gasteiger partial charge in [0.25, 0.3) is 0 Å². The first-order chi connectivity index (χ1) is 10.0. The van der Waals surface area contributed by atoms with Crippen molar-refractivity contribution in [3.63, 3.8) is 0 Å². The number of ether oxygens (including phenoxy) is 1. The Hall–Kier alpha value is -2.36. The summed E-state index contributed by atoms with van der Waals surface area (Å²) in [6, 6.07) is 11.6. The zero-order chi connectivity index (χ0) is 15.4. The lowest BCUT2D eigenvalue weighted by atomic mass is 9.87. The summed E-state index contributed by atoms with van der Waals surface area (Å²) in [4.78, 5) is 11.2. The van der Waals surface area contributed by atoms with E-state index in [2.05, 4.69) is 0 Å². The number of halogens is 1. The maximum absolute atomic E-state index is 13.1. The second-order valence-electron chi connectivity index (χ2n) is 4.95. The van der Waals surface area contributed by atoms with Crippen molar-refractivity contribution < 1.29 is 19.0 Å². The number of hydrogen-bond donors (Lipinski definition) is 1. The molecule has 0 amide bonds. The lowest BCUT2D eigenvalue weighted by molar-refractivity contribution is -0.137. The lowest BCUT2D eigenvalue weighted by Gasteiger charge is -2.19. The van der Waals surface area contributed by atoms with Gasteiger partial charge in [-0.25, -0.2) is 4.39 Å². The van der Waals surface area contributed by atoms with Crippen LogP contribution in [0.3, 0.4) is 0 Å². The molecule has 0 radical (unpaired) electrons. The molecule has 3 nitrogen and oxygen atoms in total. The maximum atomic E-state index is 13.1. The zero-order valence-corrected chi connectivity index (χ0v) is 12.0. The minimum Gasteiger partial charge on any atom is -0.496 e. The van der Waals surface area contributed by atoms with Gasteiger partial charge in [0.15, 0.2) is 0 Å². The molecular formula is C17H17FO3. The fourth-order valence-corrected chi connectivity index (χ4v) is 2.40. The quantitative estimate of drug-likeness (QED) is 0.911. The van der Waals surface area contributed by atoms with Crippen molar-refractivity contribution in [3.8, 4) is 5.75 Å². The van der Waals surface area contributed by atoms with Gasteiger partial charge in [0.2, 0.25) is 0 Å². The van der Waals surface area contributed by atoms with E-state index in [9.17, 15) is 14.3 Å². The highest BCUT2D eigenvalue weighted by Gasteiger charge is 2.21. The standard InChI is InChI=1S/C17H17FO3/c1-11-3-8-16(21-2)15(9-11)14(10-17(19)20)12-4-6-13(18)7-5-12/h3-9,14H,10H2,1-2H3,(H,19,20). The molecule has 2 aromatic rings. The van der Waals surface area contributed by atoms with Crippen molar-refractivity contribution in [2.24, 2.45) is 0 Å². The van der Waals surface area contributed by atoms with E-state index in [1.165, 1.54) is 12.1 Å². The van der Waals surface area contributed by atoms with E-state index >= 15 is 0 Å². The smallest absolute Gasteiger partial charge is 0.304 e. The number of carboxylic acids is 1. The van der Waals surface area contributed by atoms with Crippen LogP contribution in [0.4, 0.5) is 4.39 Å². The Morgan fingerprint density at radius 1 is 1.24 bits per heavy atom. The number of aryl methyl sites for hydroxylation is 1. The molecule has 0 saturated carbocycles. The molecule has 0 saturated heterocycles. The number of benzene rings is 2. The van der Waals surface area contributed by atoms with Gasteiger partial charge in [0, 0.05) is 11.5 Å². The number of hydrogen-bond acceptors (Lipinski definition) is 2. The summed E-state index contributed by atoms with van der Waals surface area (Å²) >= 11 is 0. The van der Waals surface area contributed by atoms with E-state index in [4.69, 9.17) is 4.74 Å². The molecule has 1 N–H and O–H groups in total. The molecule has 2 rings (SSSR count). The summed E-state index contributed by atoms with van der Waals surface area (Å²) < 4.78 is 18.4. The van der Waals surface area contributed by atoms with Gasteiger partial charge in [-0.05, 0) is 30.7 Å². The minimum absolute atomic E-state index is 0.0779.